The summed E-state index contributed by atoms with van der Waals surface area (Å²) in [6.07, 6.45) is 5.82. The zero-order chi connectivity index (χ0) is 22.9. The van der Waals surface area contributed by atoms with Crippen LogP contribution in [-0.2, 0) is 14.8 Å². The lowest BCUT2D eigenvalue weighted by atomic mass is 10.1. The molecule has 0 radical (unpaired) electrons. The maximum absolute atomic E-state index is 15.2. The fraction of sp³-hybridized carbons (Fsp3) is 0.273. The van der Waals surface area contributed by atoms with Crippen LogP contribution in [0.25, 0.3) is 11.3 Å². The minimum absolute atomic E-state index is 0.0803. The summed E-state index contributed by atoms with van der Waals surface area (Å²) in [5.74, 6) is -0.863. The molecule has 168 valence electrons. The number of nitrogens with zero attached hydrogens (tertiary/aromatic N) is 2. The number of benzene rings is 1. The normalized spacial score (nSPS) is 13.6. The Labute approximate surface area is 184 Å². The molecular weight excluding hydrogens is 439 g/mol. The van der Waals surface area contributed by atoms with Gasteiger partial charge in [-0.15, -0.1) is 0 Å². The summed E-state index contributed by atoms with van der Waals surface area (Å²) < 4.78 is 58.4. The molecule has 1 saturated carbocycles. The van der Waals surface area contributed by atoms with Crippen molar-refractivity contribution in [1.82, 2.24) is 8.96 Å². The van der Waals surface area contributed by atoms with Crippen LogP contribution in [0.3, 0.4) is 0 Å². The second-order valence-corrected chi connectivity index (χ2v) is 9.12. The van der Waals surface area contributed by atoms with E-state index in [-0.39, 0.29) is 27.5 Å². The van der Waals surface area contributed by atoms with Crippen molar-refractivity contribution in [3.63, 3.8) is 0 Å². The number of carbonyl (C=O) groups excluding carboxylic acids is 1. The zero-order valence-corrected chi connectivity index (χ0v) is 18.3. The van der Waals surface area contributed by atoms with Gasteiger partial charge in [0, 0.05) is 30.2 Å². The predicted molar refractivity (Wildman–Crippen MR) is 113 cm³/mol. The highest BCUT2D eigenvalue weighted by Gasteiger charge is 2.31. The van der Waals surface area contributed by atoms with Crippen LogP contribution >= 0.6 is 0 Å². The molecule has 0 spiro atoms. The van der Waals surface area contributed by atoms with Crippen LogP contribution in [0.4, 0.5) is 4.39 Å². The van der Waals surface area contributed by atoms with Gasteiger partial charge in [0.25, 0.3) is 10.0 Å². The van der Waals surface area contributed by atoms with Gasteiger partial charge in [-0.2, -0.15) is 0 Å². The molecule has 0 amide bonds. The van der Waals surface area contributed by atoms with Crippen LogP contribution in [0, 0.1) is 11.7 Å². The number of methoxy groups -OCH3 is 2. The van der Waals surface area contributed by atoms with Gasteiger partial charge in [0.2, 0.25) is 0 Å². The van der Waals surface area contributed by atoms with Crippen molar-refractivity contribution in [2.75, 3.05) is 20.8 Å². The summed E-state index contributed by atoms with van der Waals surface area (Å²) in [6, 6.07) is 6.93. The van der Waals surface area contributed by atoms with Gasteiger partial charge in [-0.3, -0.25) is 4.98 Å². The average molecular weight is 460 g/mol. The fourth-order valence-electron chi connectivity index (χ4n) is 3.25. The molecule has 4 rings (SSSR count). The van der Waals surface area contributed by atoms with Crippen molar-refractivity contribution in [1.29, 1.82) is 0 Å². The maximum Gasteiger partial charge on any atom is 0.343 e. The Bertz CT molecular complexity index is 1250. The maximum atomic E-state index is 15.2. The summed E-state index contributed by atoms with van der Waals surface area (Å²) in [5.41, 5.74) is -0.392. The van der Waals surface area contributed by atoms with E-state index in [0.717, 1.165) is 36.3 Å². The number of halogens is 1. The second kappa shape index (κ2) is 8.62. The first kappa shape index (κ1) is 21.8. The van der Waals surface area contributed by atoms with Gasteiger partial charge in [-0.1, -0.05) is 0 Å². The van der Waals surface area contributed by atoms with Gasteiger partial charge < -0.3 is 14.2 Å². The predicted octanol–water partition coefficient (Wildman–Crippen LogP) is 3.51. The van der Waals surface area contributed by atoms with E-state index in [0.29, 0.717) is 18.3 Å². The molecule has 1 aliphatic rings. The first-order chi connectivity index (χ1) is 15.4. The van der Waals surface area contributed by atoms with Crippen LogP contribution in [-0.4, -0.2) is 44.2 Å². The number of hydrogen-bond donors (Lipinski definition) is 0. The third-order valence-corrected chi connectivity index (χ3v) is 6.75. The third kappa shape index (κ3) is 4.05. The van der Waals surface area contributed by atoms with Crippen molar-refractivity contribution in [3.05, 3.63) is 60.3 Å². The molecule has 0 saturated heterocycles. The summed E-state index contributed by atoms with van der Waals surface area (Å²) in [7, 11) is -1.83. The van der Waals surface area contributed by atoms with Gasteiger partial charge >= 0.3 is 5.97 Å². The van der Waals surface area contributed by atoms with E-state index in [2.05, 4.69) is 4.98 Å². The first-order valence-electron chi connectivity index (χ1n) is 9.82. The molecule has 2 aromatic heterocycles. The van der Waals surface area contributed by atoms with Crippen molar-refractivity contribution in [2.45, 2.75) is 17.7 Å². The molecule has 10 heteroatoms. The molecule has 32 heavy (non-hydrogen) atoms. The Balaban J connectivity index is 1.88. The molecular formula is C22H21FN2O6S. The molecule has 0 bridgehead atoms. The highest BCUT2D eigenvalue weighted by molar-refractivity contribution is 7.90. The van der Waals surface area contributed by atoms with Crippen LogP contribution < -0.4 is 9.47 Å². The largest absolute Gasteiger partial charge is 0.494 e. The highest BCUT2D eigenvalue weighted by atomic mass is 32.2. The van der Waals surface area contributed by atoms with Gasteiger partial charge in [-0.25, -0.2) is 21.6 Å². The van der Waals surface area contributed by atoms with Crippen molar-refractivity contribution in [3.8, 4) is 22.8 Å². The van der Waals surface area contributed by atoms with Crippen molar-refractivity contribution < 1.29 is 31.8 Å². The van der Waals surface area contributed by atoms with Gasteiger partial charge in [0.05, 0.1) is 20.8 Å². The number of aromatic nitrogens is 2. The van der Waals surface area contributed by atoms with E-state index in [9.17, 15) is 13.2 Å². The van der Waals surface area contributed by atoms with Crippen molar-refractivity contribution >= 4 is 16.0 Å². The lowest BCUT2D eigenvalue weighted by molar-refractivity contribution is 0.0597. The quantitative estimate of drug-likeness (QED) is 0.475. The Kier molecular flexibility index (Phi) is 5.88. The molecule has 8 nitrogen and oxygen atoms in total. The molecule has 1 fully saturated rings. The second-order valence-electron chi connectivity index (χ2n) is 7.30. The van der Waals surface area contributed by atoms with Crippen molar-refractivity contribution in [2.24, 2.45) is 5.92 Å². The first-order valence-corrected chi connectivity index (χ1v) is 11.3. The molecule has 1 aromatic carbocycles. The number of pyridine rings is 1. The summed E-state index contributed by atoms with van der Waals surface area (Å²) >= 11 is 0. The van der Waals surface area contributed by atoms with Crippen LogP contribution in [0.1, 0.15) is 23.2 Å². The number of rotatable bonds is 8. The molecule has 1 aliphatic carbocycles. The summed E-state index contributed by atoms with van der Waals surface area (Å²) in [4.78, 5) is 16.0. The van der Waals surface area contributed by atoms with E-state index in [4.69, 9.17) is 14.2 Å². The van der Waals surface area contributed by atoms with Crippen LogP contribution in [0.2, 0.25) is 0 Å². The lowest BCUT2D eigenvalue weighted by Gasteiger charge is -2.13. The van der Waals surface area contributed by atoms with E-state index in [1.165, 1.54) is 37.6 Å². The van der Waals surface area contributed by atoms with Gasteiger partial charge in [0.15, 0.2) is 5.75 Å². The van der Waals surface area contributed by atoms with E-state index in [1.54, 1.807) is 6.07 Å². The molecule has 2 heterocycles. The number of hydrogen-bond acceptors (Lipinski definition) is 7. The summed E-state index contributed by atoms with van der Waals surface area (Å²) in [5, 5.41) is 0. The molecule has 0 atom stereocenters. The molecule has 0 unspecified atom stereocenters. The average Bonchev–Trinajstić information content (AvgIpc) is 3.55. The Morgan fingerprint density at radius 1 is 1.25 bits per heavy atom. The molecule has 0 N–H and O–H groups in total. The van der Waals surface area contributed by atoms with E-state index >= 15 is 4.39 Å². The monoisotopic (exact) mass is 460 g/mol. The Morgan fingerprint density at radius 3 is 2.62 bits per heavy atom. The SMILES string of the molecule is COC(=O)c1cn(S(=O)(=O)c2cccnc2)c(-c2ccc(OCC3CC3)cc2F)c1OC. The van der Waals surface area contributed by atoms with E-state index < -0.39 is 21.8 Å². The minimum Gasteiger partial charge on any atom is -0.494 e. The van der Waals surface area contributed by atoms with E-state index in [1.807, 2.05) is 0 Å². The van der Waals surface area contributed by atoms with Crippen LogP contribution in [0.15, 0.2) is 53.8 Å². The molecule has 3 aromatic rings. The van der Waals surface area contributed by atoms with Gasteiger partial charge in [-0.05, 0) is 43.0 Å². The Hall–Kier alpha value is -3.40. The standard InChI is InChI=1S/C22H21FN2O6S/c1-29-21-18(22(26)30-2)12-25(32(27,28)16-4-3-9-24-11-16)20(21)17-8-7-15(10-19(17)23)31-13-14-5-6-14/h3-4,7-12,14H,5-6,13H2,1-2H3. The fourth-order valence-corrected chi connectivity index (χ4v) is 4.59. The number of esters is 1. The number of ether oxygens (including phenoxy) is 3. The van der Waals surface area contributed by atoms with Gasteiger partial charge in [0.1, 0.15) is 27.7 Å². The number of carbonyl (C=O) groups is 1. The smallest absolute Gasteiger partial charge is 0.343 e. The zero-order valence-electron chi connectivity index (χ0n) is 17.4. The topological polar surface area (TPSA) is 96.7 Å². The Morgan fingerprint density at radius 2 is 2.03 bits per heavy atom. The highest BCUT2D eigenvalue weighted by Crippen LogP contribution is 2.40. The van der Waals surface area contributed by atoms with Crippen LogP contribution in [0.5, 0.6) is 11.5 Å². The minimum atomic E-state index is -4.24. The molecule has 0 aliphatic heterocycles. The third-order valence-electron chi connectivity index (χ3n) is 5.11. The summed E-state index contributed by atoms with van der Waals surface area (Å²) in [6.45, 7) is 0.500. The lowest BCUT2D eigenvalue weighted by Crippen LogP contribution is -2.14.